The molecular formula is C17H20ClN5O3. The van der Waals surface area contributed by atoms with E-state index in [-0.39, 0.29) is 6.54 Å². The van der Waals surface area contributed by atoms with Gasteiger partial charge >= 0.3 is 5.69 Å². The highest BCUT2D eigenvalue weighted by Crippen LogP contribution is 2.19. The van der Waals surface area contributed by atoms with Gasteiger partial charge in [-0.1, -0.05) is 23.7 Å². The van der Waals surface area contributed by atoms with Crippen LogP contribution in [0, 0.1) is 0 Å². The maximum atomic E-state index is 12.7. The predicted octanol–water partition coefficient (Wildman–Crippen LogP) is 0.928. The van der Waals surface area contributed by atoms with Crippen molar-refractivity contribution in [2.75, 3.05) is 11.9 Å². The highest BCUT2D eigenvalue weighted by atomic mass is 35.5. The molecule has 0 fully saturated rings. The van der Waals surface area contributed by atoms with Gasteiger partial charge in [-0.3, -0.25) is 18.5 Å². The number of aliphatic hydroxyl groups excluding tert-OH is 1. The monoisotopic (exact) mass is 377 g/mol. The fourth-order valence-corrected chi connectivity index (χ4v) is 2.87. The third kappa shape index (κ3) is 3.25. The van der Waals surface area contributed by atoms with Crippen LogP contribution in [0.2, 0.25) is 5.02 Å². The first-order valence-electron chi connectivity index (χ1n) is 8.12. The molecule has 0 spiro atoms. The van der Waals surface area contributed by atoms with Crippen molar-refractivity contribution in [2.45, 2.75) is 19.6 Å². The first kappa shape index (κ1) is 18.2. The minimum atomic E-state index is -0.592. The first-order chi connectivity index (χ1) is 12.3. The Morgan fingerprint density at radius 1 is 1.19 bits per heavy atom. The van der Waals surface area contributed by atoms with E-state index in [1.165, 1.54) is 11.6 Å². The van der Waals surface area contributed by atoms with Gasteiger partial charge in [0.15, 0.2) is 11.2 Å². The standard InChI is InChI=1S/C17H20ClN5O3/c1-10(24)8-19-16-20-14-13(15(25)22(3)17(26)21(14)2)23(16)9-11-4-6-12(18)7-5-11/h4-7,10,24H,8-9H2,1-3H3,(H,19,20)/t10-/m0/s1. The Balaban J connectivity index is 2.22. The number of hydrogen-bond acceptors (Lipinski definition) is 5. The van der Waals surface area contributed by atoms with Gasteiger partial charge < -0.3 is 10.4 Å². The lowest BCUT2D eigenvalue weighted by molar-refractivity contribution is 0.208. The van der Waals surface area contributed by atoms with Crippen LogP contribution in [0.1, 0.15) is 12.5 Å². The number of aliphatic hydroxyl groups is 1. The number of halogens is 1. The van der Waals surface area contributed by atoms with Gasteiger partial charge in [0.1, 0.15) is 0 Å². The molecule has 8 nitrogen and oxygen atoms in total. The van der Waals surface area contributed by atoms with E-state index >= 15 is 0 Å². The quantitative estimate of drug-likeness (QED) is 0.689. The normalized spacial score (nSPS) is 12.5. The molecule has 2 aromatic heterocycles. The summed E-state index contributed by atoms with van der Waals surface area (Å²) < 4.78 is 4.10. The average molecular weight is 378 g/mol. The lowest BCUT2D eigenvalue weighted by atomic mass is 10.2. The molecular weight excluding hydrogens is 358 g/mol. The van der Waals surface area contributed by atoms with Crippen molar-refractivity contribution >= 4 is 28.7 Å². The van der Waals surface area contributed by atoms with Crippen molar-refractivity contribution in [3.63, 3.8) is 0 Å². The number of rotatable bonds is 5. The lowest BCUT2D eigenvalue weighted by Crippen LogP contribution is -2.37. The van der Waals surface area contributed by atoms with Gasteiger partial charge in [-0.2, -0.15) is 4.98 Å². The molecule has 2 N–H and O–H groups in total. The van der Waals surface area contributed by atoms with Gasteiger partial charge in [0.2, 0.25) is 5.95 Å². The largest absolute Gasteiger partial charge is 0.392 e. The van der Waals surface area contributed by atoms with Crippen LogP contribution < -0.4 is 16.6 Å². The zero-order valence-corrected chi connectivity index (χ0v) is 15.5. The molecule has 0 saturated carbocycles. The molecule has 0 aliphatic heterocycles. The molecule has 138 valence electrons. The molecule has 3 aromatic rings. The summed E-state index contributed by atoms with van der Waals surface area (Å²) in [6.07, 6.45) is -0.592. The summed E-state index contributed by atoms with van der Waals surface area (Å²) in [5.74, 6) is 0.411. The van der Waals surface area contributed by atoms with Crippen LogP contribution in [0.25, 0.3) is 11.2 Å². The Labute approximate surface area is 154 Å². The molecule has 3 rings (SSSR count). The molecule has 0 radical (unpaired) electrons. The number of fused-ring (bicyclic) bond motifs is 1. The van der Waals surface area contributed by atoms with Crippen LogP contribution >= 0.6 is 11.6 Å². The fraction of sp³-hybridized carbons (Fsp3) is 0.353. The summed E-state index contributed by atoms with van der Waals surface area (Å²) in [5.41, 5.74) is 0.665. The second-order valence-electron chi connectivity index (χ2n) is 6.26. The highest BCUT2D eigenvalue weighted by Gasteiger charge is 2.19. The fourth-order valence-electron chi connectivity index (χ4n) is 2.75. The molecule has 0 amide bonds. The minimum absolute atomic E-state index is 0.262. The molecule has 9 heteroatoms. The Hall–Kier alpha value is -2.58. The van der Waals surface area contributed by atoms with Crippen molar-refractivity contribution in [3.05, 3.63) is 55.7 Å². The summed E-state index contributed by atoms with van der Waals surface area (Å²) in [5, 5.41) is 13.2. The molecule has 0 saturated heterocycles. The smallest absolute Gasteiger partial charge is 0.332 e. The summed E-state index contributed by atoms with van der Waals surface area (Å²) in [4.78, 5) is 29.3. The van der Waals surface area contributed by atoms with Crippen LogP contribution in [0.3, 0.4) is 0 Å². The number of benzene rings is 1. The zero-order chi connectivity index (χ0) is 19.0. The summed E-state index contributed by atoms with van der Waals surface area (Å²) in [6, 6.07) is 7.26. The predicted molar refractivity (Wildman–Crippen MR) is 101 cm³/mol. The Bertz CT molecular complexity index is 1060. The van der Waals surface area contributed by atoms with Gasteiger partial charge in [0, 0.05) is 25.7 Å². The molecule has 0 unspecified atom stereocenters. The van der Waals surface area contributed by atoms with E-state index in [9.17, 15) is 14.7 Å². The summed E-state index contributed by atoms with van der Waals surface area (Å²) in [7, 11) is 3.01. The van der Waals surface area contributed by atoms with Crippen molar-refractivity contribution in [1.29, 1.82) is 0 Å². The first-order valence-corrected chi connectivity index (χ1v) is 8.50. The molecule has 1 atom stereocenters. The second kappa shape index (κ2) is 6.97. The molecule has 26 heavy (non-hydrogen) atoms. The van der Waals surface area contributed by atoms with E-state index in [0.717, 1.165) is 10.1 Å². The topological polar surface area (TPSA) is 94.1 Å². The van der Waals surface area contributed by atoms with E-state index in [1.54, 1.807) is 30.7 Å². The molecule has 0 aliphatic carbocycles. The number of nitrogens with zero attached hydrogens (tertiary/aromatic N) is 4. The number of hydrogen-bond donors (Lipinski definition) is 2. The minimum Gasteiger partial charge on any atom is -0.392 e. The highest BCUT2D eigenvalue weighted by molar-refractivity contribution is 6.30. The Morgan fingerprint density at radius 3 is 2.46 bits per heavy atom. The summed E-state index contributed by atoms with van der Waals surface area (Å²) >= 11 is 5.94. The Kier molecular flexibility index (Phi) is 4.88. The van der Waals surface area contributed by atoms with Gasteiger partial charge in [0.25, 0.3) is 5.56 Å². The van der Waals surface area contributed by atoms with Gasteiger partial charge in [-0.05, 0) is 24.6 Å². The maximum absolute atomic E-state index is 12.7. The third-order valence-corrected chi connectivity index (χ3v) is 4.41. The average Bonchev–Trinajstić information content (AvgIpc) is 2.96. The SMILES string of the molecule is C[C@H](O)CNc1nc2c(c(=O)n(C)c(=O)n2C)n1Cc1ccc(Cl)cc1. The van der Waals surface area contributed by atoms with Crippen LogP contribution in [-0.4, -0.2) is 36.4 Å². The Morgan fingerprint density at radius 2 is 1.85 bits per heavy atom. The maximum Gasteiger partial charge on any atom is 0.332 e. The molecule has 0 aliphatic rings. The number of anilines is 1. The van der Waals surface area contributed by atoms with Crippen molar-refractivity contribution in [2.24, 2.45) is 14.1 Å². The van der Waals surface area contributed by atoms with Gasteiger partial charge in [-0.15, -0.1) is 0 Å². The summed E-state index contributed by atoms with van der Waals surface area (Å²) in [6.45, 7) is 2.27. The molecule has 2 heterocycles. The van der Waals surface area contributed by atoms with E-state index in [2.05, 4.69) is 10.3 Å². The van der Waals surface area contributed by atoms with Gasteiger partial charge in [0.05, 0.1) is 12.6 Å². The number of nitrogens with one attached hydrogen (secondary N) is 1. The van der Waals surface area contributed by atoms with Crippen molar-refractivity contribution in [1.82, 2.24) is 18.7 Å². The second-order valence-corrected chi connectivity index (χ2v) is 6.69. The molecule has 1 aromatic carbocycles. The number of aryl methyl sites for hydroxylation is 1. The number of imidazole rings is 1. The van der Waals surface area contributed by atoms with Crippen LogP contribution in [0.15, 0.2) is 33.9 Å². The third-order valence-electron chi connectivity index (χ3n) is 4.16. The van der Waals surface area contributed by atoms with E-state index < -0.39 is 17.4 Å². The van der Waals surface area contributed by atoms with Crippen LogP contribution in [0.5, 0.6) is 0 Å². The zero-order valence-electron chi connectivity index (χ0n) is 14.7. The van der Waals surface area contributed by atoms with Crippen LogP contribution in [-0.2, 0) is 20.6 Å². The lowest BCUT2D eigenvalue weighted by Gasteiger charge is -2.12. The van der Waals surface area contributed by atoms with Gasteiger partial charge in [-0.25, -0.2) is 4.79 Å². The van der Waals surface area contributed by atoms with E-state index in [4.69, 9.17) is 11.6 Å². The van der Waals surface area contributed by atoms with E-state index in [1.807, 2.05) is 12.1 Å². The van der Waals surface area contributed by atoms with Crippen molar-refractivity contribution < 1.29 is 5.11 Å². The van der Waals surface area contributed by atoms with E-state index in [0.29, 0.717) is 28.7 Å². The number of aromatic nitrogens is 4. The van der Waals surface area contributed by atoms with Crippen LogP contribution in [0.4, 0.5) is 5.95 Å². The molecule has 0 bridgehead atoms. The van der Waals surface area contributed by atoms with Crippen molar-refractivity contribution in [3.8, 4) is 0 Å².